The number of likely N-dealkylation sites (tertiary alicyclic amines) is 1. The zero-order valence-electron chi connectivity index (χ0n) is 22.8. The van der Waals surface area contributed by atoms with Crippen molar-refractivity contribution in [3.63, 3.8) is 0 Å². The van der Waals surface area contributed by atoms with Crippen molar-refractivity contribution >= 4 is 44.8 Å². The normalized spacial score (nSPS) is 16.1. The number of nitrogens with one attached hydrogen (secondary N) is 2. The van der Waals surface area contributed by atoms with Crippen LogP contribution in [0.5, 0.6) is 11.5 Å². The highest BCUT2D eigenvalue weighted by atomic mass is 35.5. The van der Waals surface area contributed by atoms with Gasteiger partial charge in [0, 0.05) is 39.3 Å². The van der Waals surface area contributed by atoms with Crippen LogP contribution in [0.2, 0.25) is 5.02 Å². The Bertz CT molecular complexity index is 1400. The lowest BCUT2D eigenvalue weighted by molar-refractivity contribution is 0.186. The fourth-order valence-corrected chi connectivity index (χ4v) is 5.40. The number of benzene rings is 2. The van der Waals surface area contributed by atoms with Crippen LogP contribution in [0.15, 0.2) is 53.6 Å². The molecule has 1 aliphatic rings. The summed E-state index contributed by atoms with van der Waals surface area (Å²) in [5.74, 6) is 1.85. The lowest BCUT2D eigenvalue weighted by Gasteiger charge is -2.21. The van der Waals surface area contributed by atoms with Gasteiger partial charge in [-0.1, -0.05) is 23.7 Å². The minimum atomic E-state index is -3.69. The summed E-state index contributed by atoms with van der Waals surface area (Å²) in [6.07, 6.45) is 2.56. The van der Waals surface area contributed by atoms with E-state index in [1.54, 1.807) is 18.2 Å². The van der Waals surface area contributed by atoms with Crippen LogP contribution < -0.4 is 20.1 Å². The van der Waals surface area contributed by atoms with Crippen LogP contribution in [-0.4, -0.2) is 73.5 Å². The van der Waals surface area contributed by atoms with Crippen LogP contribution >= 0.6 is 11.6 Å². The average Bonchev–Trinajstić information content (AvgIpc) is 3.37. The predicted molar refractivity (Wildman–Crippen MR) is 154 cm³/mol. The van der Waals surface area contributed by atoms with E-state index in [0.717, 1.165) is 29.6 Å². The van der Waals surface area contributed by atoms with E-state index >= 15 is 0 Å². The second-order valence-electron chi connectivity index (χ2n) is 9.63. The fourth-order valence-electron chi connectivity index (χ4n) is 4.22. The number of ether oxygens (including phenoxy) is 2. The van der Waals surface area contributed by atoms with Crippen molar-refractivity contribution in [2.75, 3.05) is 44.4 Å². The van der Waals surface area contributed by atoms with E-state index in [1.165, 1.54) is 26.4 Å². The molecule has 2 aromatic carbocycles. The number of nitrogens with zero attached hydrogens (tertiary/aromatic N) is 4. The molecule has 1 fully saturated rings. The van der Waals surface area contributed by atoms with Crippen molar-refractivity contribution in [3.8, 4) is 11.5 Å². The fraction of sp³-hybridized carbons (Fsp3) is 0.407. The van der Waals surface area contributed by atoms with E-state index in [-0.39, 0.29) is 27.8 Å². The molecule has 12 heteroatoms. The monoisotopic (exact) mass is 574 g/mol. The van der Waals surface area contributed by atoms with Crippen molar-refractivity contribution in [2.45, 2.75) is 44.2 Å². The molecular formula is C27H35ClN6O4S. The van der Waals surface area contributed by atoms with Crippen LogP contribution in [0.1, 0.15) is 27.2 Å². The second kappa shape index (κ2) is 12.4. The Labute approximate surface area is 235 Å². The van der Waals surface area contributed by atoms with Crippen LogP contribution in [-0.2, 0) is 10.0 Å². The quantitative estimate of drug-likeness (QED) is 0.322. The first-order valence-corrected chi connectivity index (χ1v) is 14.7. The first-order chi connectivity index (χ1) is 18.6. The minimum absolute atomic E-state index is 0.104. The topological polar surface area (TPSA) is 109 Å². The number of halogens is 1. The number of rotatable bonds is 11. The largest absolute Gasteiger partial charge is 0.492 e. The highest BCUT2D eigenvalue weighted by Gasteiger charge is 2.26. The summed E-state index contributed by atoms with van der Waals surface area (Å²) in [6, 6.07) is 12.7. The SMILES string of the molecule is CCOc1cc(OC2CCN(C(C)C)C2)ccc1Nc1ncc(Cl)c(Nc2ccccc2S(=O)(=O)N(C)C)n1. The van der Waals surface area contributed by atoms with Gasteiger partial charge in [0.2, 0.25) is 16.0 Å². The van der Waals surface area contributed by atoms with E-state index < -0.39 is 10.0 Å². The Morgan fingerprint density at radius 2 is 1.92 bits per heavy atom. The van der Waals surface area contributed by atoms with Gasteiger partial charge in [-0.25, -0.2) is 17.7 Å². The van der Waals surface area contributed by atoms with Crippen LogP contribution in [0.4, 0.5) is 23.1 Å². The van der Waals surface area contributed by atoms with E-state index in [4.69, 9.17) is 21.1 Å². The maximum absolute atomic E-state index is 12.8. The van der Waals surface area contributed by atoms with Gasteiger partial charge in [0.05, 0.1) is 24.2 Å². The third-order valence-electron chi connectivity index (χ3n) is 6.35. The molecule has 210 valence electrons. The molecule has 1 aromatic heterocycles. The molecule has 0 spiro atoms. The second-order valence-corrected chi connectivity index (χ2v) is 12.2. The number of anilines is 4. The molecule has 3 aromatic rings. The highest BCUT2D eigenvalue weighted by molar-refractivity contribution is 7.89. The van der Waals surface area contributed by atoms with E-state index in [1.807, 2.05) is 25.1 Å². The van der Waals surface area contributed by atoms with Gasteiger partial charge in [-0.05, 0) is 51.5 Å². The van der Waals surface area contributed by atoms with Crippen molar-refractivity contribution < 1.29 is 17.9 Å². The molecule has 1 unspecified atom stereocenters. The maximum Gasteiger partial charge on any atom is 0.244 e. The Kier molecular flexibility index (Phi) is 9.16. The van der Waals surface area contributed by atoms with Crippen molar-refractivity contribution in [1.82, 2.24) is 19.2 Å². The van der Waals surface area contributed by atoms with Crippen LogP contribution in [0.3, 0.4) is 0 Å². The molecule has 0 aliphatic carbocycles. The smallest absolute Gasteiger partial charge is 0.244 e. The maximum atomic E-state index is 12.8. The molecule has 1 atom stereocenters. The van der Waals surface area contributed by atoms with Gasteiger partial charge in [-0.15, -0.1) is 0 Å². The first-order valence-electron chi connectivity index (χ1n) is 12.8. The van der Waals surface area contributed by atoms with E-state index in [0.29, 0.717) is 29.8 Å². The standard InChI is InChI=1S/C27H35ClN6O4S/c1-6-37-24-15-19(38-20-13-14-34(17-20)18(2)3)11-12-22(24)31-27-29-16-21(28)26(32-27)30-23-9-7-8-10-25(23)39(35,36)33(4)5/h7-12,15-16,18,20H,6,13-14,17H2,1-5H3,(H2,29,30,31,32). The van der Waals surface area contributed by atoms with Crippen molar-refractivity contribution in [3.05, 3.63) is 53.7 Å². The van der Waals surface area contributed by atoms with E-state index in [9.17, 15) is 8.42 Å². The summed E-state index contributed by atoms with van der Waals surface area (Å²) in [5, 5.41) is 6.46. The summed E-state index contributed by atoms with van der Waals surface area (Å²) < 4.78 is 38.9. The summed E-state index contributed by atoms with van der Waals surface area (Å²) in [4.78, 5) is 11.3. The summed E-state index contributed by atoms with van der Waals surface area (Å²) >= 11 is 6.37. The zero-order valence-corrected chi connectivity index (χ0v) is 24.4. The molecule has 0 amide bonds. The third kappa shape index (κ3) is 6.91. The molecule has 1 saturated heterocycles. The van der Waals surface area contributed by atoms with Gasteiger partial charge in [0.1, 0.15) is 27.5 Å². The number of sulfonamides is 1. The highest BCUT2D eigenvalue weighted by Crippen LogP contribution is 2.34. The molecule has 2 heterocycles. The summed E-state index contributed by atoms with van der Waals surface area (Å²) in [7, 11) is -0.737. The van der Waals surface area contributed by atoms with Crippen molar-refractivity contribution in [1.29, 1.82) is 0 Å². The molecule has 2 N–H and O–H groups in total. The predicted octanol–water partition coefficient (Wildman–Crippen LogP) is 5.13. The molecule has 0 radical (unpaired) electrons. The molecule has 4 rings (SSSR count). The van der Waals surface area contributed by atoms with Gasteiger partial charge < -0.3 is 20.1 Å². The third-order valence-corrected chi connectivity index (χ3v) is 8.50. The summed E-state index contributed by atoms with van der Waals surface area (Å²) in [5.41, 5.74) is 1.00. The number of para-hydroxylation sites is 1. The van der Waals surface area contributed by atoms with E-state index in [2.05, 4.69) is 39.3 Å². The van der Waals surface area contributed by atoms with Crippen LogP contribution in [0, 0.1) is 0 Å². The molecule has 0 saturated carbocycles. The Hall–Kier alpha value is -3.12. The lowest BCUT2D eigenvalue weighted by atomic mass is 10.2. The molecule has 39 heavy (non-hydrogen) atoms. The number of aromatic nitrogens is 2. The Morgan fingerprint density at radius 3 is 2.62 bits per heavy atom. The van der Waals surface area contributed by atoms with Crippen molar-refractivity contribution in [2.24, 2.45) is 0 Å². The zero-order chi connectivity index (χ0) is 28.2. The number of hydrogen-bond acceptors (Lipinski definition) is 9. The van der Waals surface area contributed by atoms with Gasteiger partial charge in [-0.2, -0.15) is 4.98 Å². The van der Waals surface area contributed by atoms with Gasteiger partial charge >= 0.3 is 0 Å². The average molecular weight is 575 g/mol. The number of hydrogen-bond donors (Lipinski definition) is 2. The van der Waals surface area contributed by atoms with Crippen LogP contribution in [0.25, 0.3) is 0 Å². The Balaban J connectivity index is 1.55. The molecule has 0 bridgehead atoms. The van der Waals surface area contributed by atoms with Gasteiger partial charge in [0.15, 0.2) is 5.82 Å². The minimum Gasteiger partial charge on any atom is -0.492 e. The van der Waals surface area contributed by atoms with Gasteiger partial charge in [-0.3, -0.25) is 4.90 Å². The lowest BCUT2D eigenvalue weighted by Crippen LogP contribution is -2.30. The van der Waals surface area contributed by atoms with Gasteiger partial charge in [0.25, 0.3) is 0 Å². The Morgan fingerprint density at radius 1 is 1.15 bits per heavy atom. The molecular weight excluding hydrogens is 540 g/mol. The molecule has 1 aliphatic heterocycles. The first kappa shape index (κ1) is 28.9. The summed E-state index contributed by atoms with van der Waals surface area (Å²) in [6.45, 7) is 8.69. The molecule has 10 nitrogen and oxygen atoms in total.